The van der Waals surface area contributed by atoms with Crippen LogP contribution in [0.3, 0.4) is 0 Å². The van der Waals surface area contributed by atoms with Crippen LogP contribution in [0.2, 0.25) is 20.1 Å². The molecule has 0 saturated heterocycles. The molecule has 8 amide bonds. The number of carbonyl (C=O) groups is 8. The number of amides is 8. The molecule has 15 aromatic carbocycles. The lowest BCUT2D eigenvalue weighted by Crippen LogP contribution is -2.41. The van der Waals surface area contributed by atoms with Gasteiger partial charge in [0.15, 0.2) is 0 Å². The van der Waals surface area contributed by atoms with Crippen LogP contribution in [-0.2, 0) is 27.1 Å². The second-order valence-corrected chi connectivity index (χ2v) is 42.7. The van der Waals surface area contributed by atoms with Gasteiger partial charge in [0.05, 0.1) is 44.5 Å². The van der Waals surface area contributed by atoms with Gasteiger partial charge in [-0.25, -0.2) is 0 Å². The zero-order valence-corrected chi connectivity index (χ0v) is 82.8. The van der Waals surface area contributed by atoms with Crippen LogP contribution in [0.25, 0.3) is 86.2 Å². The summed E-state index contributed by atoms with van der Waals surface area (Å²) in [5.74, 6) is -0.0300. The van der Waals surface area contributed by atoms with E-state index in [-0.39, 0.29) is 103 Å². The number of phenolic OH excluding ortho intramolecular Hbond substituents is 1. The molecule has 0 spiro atoms. The summed E-state index contributed by atoms with van der Waals surface area (Å²) in [5.41, 5.74) is 7.49. The summed E-state index contributed by atoms with van der Waals surface area (Å²) in [6.07, 6.45) is 5.64. The molecule has 0 aliphatic carbocycles. The molecule has 0 saturated carbocycles. The number of imide groups is 4. The maximum absolute atomic E-state index is 15.3. The largest absolute Gasteiger partial charge is 0.508 e. The average molecular weight is 1900 g/mol. The number of aromatic hydroxyl groups is 1. The highest BCUT2D eigenvalue weighted by molar-refractivity contribution is 6.56. The number of hydrogen-bond acceptors (Lipinski definition) is 13. The number of nitrogens with zero attached hydrogens (tertiary/aromatic N) is 4. The summed E-state index contributed by atoms with van der Waals surface area (Å²) in [4.78, 5) is 121. The van der Waals surface area contributed by atoms with E-state index in [1.165, 1.54) is 25.2 Å². The molecule has 17 nitrogen and oxygen atoms in total. The van der Waals surface area contributed by atoms with E-state index < -0.39 is 47.3 Å². The summed E-state index contributed by atoms with van der Waals surface area (Å²) >= 11 is 27.9. The van der Waals surface area contributed by atoms with Crippen molar-refractivity contribution in [1.29, 1.82) is 0 Å². The predicted octanol–water partition coefficient (Wildman–Crippen LogP) is 31.4. The van der Waals surface area contributed by atoms with Crippen molar-refractivity contribution < 1.29 is 62.4 Å². The number of halogens is 4. The highest BCUT2D eigenvalue weighted by Gasteiger charge is 2.45. The fourth-order valence-electron chi connectivity index (χ4n) is 19.1. The molecule has 0 fully saturated rings. The minimum absolute atomic E-state index is 0. The fourth-order valence-corrected chi connectivity index (χ4v) is 20.3. The molecule has 19 rings (SSSR count). The molecule has 4 aliphatic rings. The summed E-state index contributed by atoms with van der Waals surface area (Å²) in [7, 11) is 0. The van der Waals surface area contributed by atoms with Gasteiger partial charge in [-0.15, -0.1) is 0 Å². The first kappa shape index (κ1) is 96.7. The van der Waals surface area contributed by atoms with E-state index in [2.05, 4.69) is 104 Å². The second kappa shape index (κ2) is 36.3. The van der Waals surface area contributed by atoms with Gasteiger partial charge in [0.25, 0.3) is 47.3 Å². The zero-order chi connectivity index (χ0) is 96.8. The van der Waals surface area contributed by atoms with Crippen LogP contribution < -0.4 is 18.9 Å². The molecular weight excluding hydrogens is 1790 g/mol. The Hall–Kier alpha value is -12.4. The van der Waals surface area contributed by atoms with Crippen LogP contribution in [0.4, 0.5) is 0 Å². The van der Waals surface area contributed by atoms with Gasteiger partial charge in [-0.05, 0) is 190 Å². The maximum Gasteiger partial charge on any atom is 0.261 e. The third-order valence-electron chi connectivity index (χ3n) is 26.6. The van der Waals surface area contributed by atoms with Crippen molar-refractivity contribution in [2.45, 2.75) is 217 Å². The molecule has 0 unspecified atom stereocenters. The third kappa shape index (κ3) is 16.9. The Labute approximate surface area is 813 Å². The van der Waals surface area contributed by atoms with Crippen molar-refractivity contribution in [2.24, 2.45) is 0 Å². The summed E-state index contributed by atoms with van der Waals surface area (Å²) in [6.45, 7) is 41.3. The van der Waals surface area contributed by atoms with Crippen molar-refractivity contribution in [3.63, 3.8) is 0 Å². The standard InChI is InChI=1S/C72H74N2O8.C32H22Cl4N2O4.C10H14O.CH4/c1-15-17-35-73-65(75)49-37-53(79-45-27-19-41(20-28-45)69(3,4)5)59-61-55(81-47-31-23-43(24-32-47)71(9,10)11)39-51-58-52(68(78)74(67(51)77)36-18-16-2)40-56(82-48-33-25-44(26-34-48)72(12,13)14)62(64(58)61)60-54(38-50(66(73)76)57(49)63(59)60)80-46-29-21-42(22-30-46)70(6,7)8;1-3-5-7-37-29(39)13-9-17(33)23-25-19(35)11-15-22-16(32(42)38(31(15)41)8-6-4-2)12-20(36)26(28(22)25)24-18(34)10-14(30(37)40)21(13)27(23)24;1-10(2,3)8-4-6-9(11)7-5-8;/h19-34,37-40H,15-18,35-36H2,1-14H3;9-12H,3-8H2,1-2H3;4-7,11H,1-3H3;1H4. The van der Waals surface area contributed by atoms with Gasteiger partial charge in [-0.1, -0.05) is 272 Å². The number of phenols is 1. The molecule has 0 bridgehead atoms. The lowest BCUT2D eigenvalue weighted by Gasteiger charge is -2.32. The maximum atomic E-state index is 15.3. The lowest BCUT2D eigenvalue weighted by atomic mass is 9.80. The third-order valence-corrected chi connectivity index (χ3v) is 27.7. The molecule has 0 aromatic heterocycles. The molecule has 0 atom stereocenters. The Morgan fingerprint density at radius 1 is 0.235 bits per heavy atom. The van der Waals surface area contributed by atoms with E-state index in [9.17, 15) is 19.2 Å². The number of carbonyl (C=O) groups excluding carboxylic acids is 8. The van der Waals surface area contributed by atoms with Crippen LogP contribution in [0, 0.1) is 0 Å². The van der Waals surface area contributed by atoms with Crippen molar-refractivity contribution in [1.82, 2.24) is 19.6 Å². The number of unbranched alkanes of at least 4 members (excludes halogenated alkanes) is 4. The fraction of sp³-hybridized carbons (Fsp3) is 0.322. The zero-order valence-electron chi connectivity index (χ0n) is 79.8. The predicted molar refractivity (Wildman–Crippen MR) is 551 cm³/mol. The van der Waals surface area contributed by atoms with Crippen LogP contribution in [-0.4, -0.2) is 98.1 Å². The Kier molecular flexibility index (Phi) is 25.8. The van der Waals surface area contributed by atoms with E-state index in [0.29, 0.717) is 186 Å². The molecule has 1 N–H and O–H groups in total. The molecule has 0 radical (unpaired) electrons. The summed E-state index contributed by atoms with van der Waals surface area (Å²) in [5, 5.41) is 17.4. The molecular formula is C115H114Cl4N4O13. The van der Waals surface area contributed by atoms with Gasteiger partial charge in [-0.3, -0.25) is 58.0 Å². The van der Waals surface area contributed by atoms with Crippen molar-refractivity contribution in [2.75, 3.05) is 26.2 Å². The quantitative estimate of drug-likeness (QED) is 0.0429. The molecule has 4 heterocycles. The highest BCUT2D eigenvalue weighted by atomic mass is 35.5. The Morgan fingerprint density at radius 2 is 0.397 bits per heavy atom. The topological polar surface area (TPSA) is 207 Å². The number of benzene rings is 15. The SMILES string of the molecule is C.CC(C)(C)c1ccc(O)cc1.CCCCN1C(=O)c2cc(Cl)c3c4c(Cl)cc5c6c(cc(Cl)c(c7c(Cl)cc(c2c37)C1=O)c64)C(=O)N(CCCC)C5=O.CCCCN1C(=O)c2cc(Oc3ccc(C(C)(C)C)cc3)c3c4c(Oc5ccc(C(C)(C)C)cc5)cc5c6c(cc(Oc7ccc(C(C)(C)C)cc7)c(c7c(Oc8ccc(C(C)(C)C)cc8)cc(c2c37)C1=O)c64)C(=O)N(CCCC)C5=O. The van der Waals surface area contributed by atoms with Crippen molar-refractivity contribution in [3.05, 3.63) is 262 Å². The first-order valence-corrected chi connectivity index (χ1v) is 48.1. The van der Waals surface area contributed by atoms with E-state index in [4.69, 9.17) is 70.5 Å². The highest BCUT2D eigenvalue weighted by Crippen LogP contribution is 2.60. The first-order valence-electron chi connectivity index (χ1n) is 46.6. The minimum atomic E-state index is -0.451. The normalized spacial score (nSPS) is 14.1. The van der Waals surface area contributed by atoms with E-state index in [0.717, 1.165) is 47.9 Å². The van der Waals surface area contributed by atoms with Crippen LogP contribution in [0.5, 0.6) is 51.7 Å². The molecule has 700 valence electrons. The van der Waals surface area contributed by atoms with Crippen LogP contribution in [0.15, 0.2) is 170 Å². The van der Waals surface area contributed by atoms with Crippen molar-refractivity contribution in [3.8, 4) is 51.7 Å². The van der Waals surface area contributed by atoms with E-state index in [1.807, 2.05) is 137 Å². The van der Waals surface area contributed by atoms with Gasteiger partial charge in [0.1, 0.15) is 51.7 Å². The molecule has 136 heavy (non-hydrogen) atoms. The van der Waals surface area contributed by atoms with E-state index >= 15 is 19.2 Å². The second-order valence-electron chi connectivity index (χ2n) is 41.1. The molecule has 4 aliphatic heterocycles. The monoisotopic (exact) mass is 1900 g/mol. The average Bonchev–Trinajstić information content (AvgIpc) is 0.668. The Morgan fingerprint density at radius 3 is 0.566 bits per heavy atom. The summed E-state index contributed by atoms with van der Waals surface area (Å²) < 4.78 is 28.9. The smallest absolute Gasteiger partial charge is 0.261 e. The number of rotatable bonds is 20. The Balaban J connectivity index is 0.000000205. The van der Waals surface area contributed by atoms with Crippen molar-refractivity contribution >= 4 is 180 Å². The number of hydrogen-bond donors (Lipinski definition) is 1. The minimum Gasteiger partial charge on any atom is -0.508 e. The molecule has 15 aromatic rings. The first-order chi connectivity index (χ1) is 63.9. The van der Waals surface area contributed by atoms with Crippen LogP contribution in [0.1, 0.15) is 301 Å². The lowest BCUT2D eigenvalue weighted by molar-refractivity contribution is 0.0593. The molecule has 21 heteroatoms. The van der Waals surface area contributed by atoms with Crippen LogP contribution >= 0.6 is 46.4 Å². The summed E-state index contributed by atoms with van der Waals surface area (Å²) in [6, 6.07) is 52.3. The Bertz CT molecular complexity index is 6660. The van der Waals surface area contributed by atoms with E-state index in [1.54, 1.807) is 60.7 Å². The van der Waals surface area contributed by atoms with Gasteiger partial charge < -0.3 is 24.1 Å². The number of ether oxygens (including phenoxy) is 4. The van der Waals surface area contributed by atoms with Gasteiger partial charge in [-0.2, -0.15) is 0 Å². The number of fused-ring (bicyclic) bond motifs is 4. The van der Waals surface area contributed by atoms with Gasteiger partial charge in [0.2, 0.25) is 0 Å². The van der Waals surface area contributed by atoms with Gasteiger partial charge in [0, 0.05) is 132 Å². The van der Waals surface area contributed by atoms with Gasteiger partial charge >= 0.3 is 0 Å².